The van der Waals surface area contributed by atoms with Gasteiger partial charge in [0.2, 0.25) is 0 Å². The van der Waals surface area contributed by atoms with E-state index in [1.807, 2.05) is 19.0 Å². The maximum atomic E-state index is 11.5. The molecule has 6 heteroatoms. The second kappa shape index (κ2) is 5.79. The summed E-state index contributed by atoms with van der Waals surface area (Å²) in [6, 6.07) is 0.00846. The highest BCUT2D eigenvalue weighted by atomic mass is 16.3. The van der Waals surface area contributed by atoms with E-state index in [4.69, 9.17) is 5.11 Å². The number of nitrogens with one attached hydrogen (secondary N) is 1. The quantitative estimate of drug-likeness (QED) is 0.704. The Morgan fingerprint density at radius 2 is 2.12 bits per heavy atom. The minimum absolute atomic E-state index is 0.00846. The number of hydrogen-bond acceptors (Lipinski definition) is 4. The number of aromatic nitrogens is 2. The normalized spacial score (nSPS) is 13.0. The lowest BCUT2D eigenvalue weighted by molar-refractivity contribution is 0.157. The van der Waals surface area contributed by atoms with Crippen LogP contribution in [0.5, 0.6) is 0 Å². The van der Waals surface area contributed by atoms with Crippen molar-refractivity contribution in [2.45, 2.75) is 25.9 Å². The Balaban J connectivity index is 2.79. The average Bonchev–Trinajstić information content (AvgIpc) is 2.25. The Hall–Kier alpha value is -1.40. The van der Waals surface area contributed by atoms with E-state index in [2.05, 4.69) is 4.98 Å². The first-order valence-electron chi connectivity index (χ1n) is 5.53. The number of aryl methyl sites for hydroxylation is 2. The van der Waals surface area contributed by atoms with Crippen LogP contribution in [-0.2, 0) is 6.54 Å². The maximum Gasteiger partial charge on any atom is 0.328 e. The first kappa shape index (κ1) is 13.7. The molecule has 0 saturated carbocycles. The van der Waals surface area contributed by atoms with E-state index in [1.165, 1.54) is 4.57 Å². The zero-order valence-corrected chi connectivity index (χ0v) is 10.4. The number of hydrogen-bond donors (Lipinski definition) is 2. The number of aromatic amines is 1. The van der Waals surface area contributed by atoms with Crippen molar-refractivity contribution in [2.75, 3.05) is 20.7 Å². The molecule has 96 valence electrons. The minimum Gasteiger partial charge on any atom is -0.395 e. The molecule has 0 amide bonds. The Labute approximate surface area is 99.5 Å². The van der Waals surface area contributed by atoms with E-state index < -0.39 is 5.69 Å². The Bertz CT molecular complexity index is 476. The summed E-state index contributed by atoms with van der Waals surface area (Å²) in [6.07, 6.45) is 2.19. The molecule has 1 heterocycles. The lowest BCUT2D eigenvalue weighted by atomic mass is 10.2. The van der Waals surface area contributed by atoms with Crippen LogP contribution in [0.25, 0.3) is 0 Å². The summed E-state index contributed by atoms with van der Waals surface area (Å²) in [6.45, 7) is 2.17. The second-order valence-electron chi connectivity index (χ2n) is 4.35. The summed E-state index contributed by atoms with van der Waals surface area (Å²) >= 11 is 0. The predicted octanol–water partition coefficient (Wildman–Crippen LogP) is -0.842. The van der Waals surface area contributed by atoms with Gasteiger partial charge in [0.25, 0.3) is 5.56 Å². The number of aliphatic hydroxyl groups is 1. The molecule has 1 rings (SSSR count). The Morgan fingerprint density at radius 3 is 2.65 bits per heavy atom. The fourth-order valence-corrected chi connectivity index (χ4v) is 1.59. The molecule has 1 aromatic heterocycles. The van der Waals surface area contributed by atoms with E-state index in [9.17, 15) is 9.59 Å². The van der Waals surface area contributed by atoms with Gasteiger partial charge < -0.3 is 14.6 Å². The highest BCUT2D eigenvalue weighted by molar-refractivity contribution is 5.00. The van der Waals surface area contributed by atoms with Crippen molar-refractivity contribution >= 4 is 0 Å². The zero-order chi connectivity index (χ0) is 13.0. The molecule has 1 atom stereocenters. The SMILES string of the molecule is Cc1cn(CC[C@H](CO)N(C)C)c(=O)[nH]c1=O. The molecule has 0 aliphatic rings. The van der Waals surface area contributed by atoms with Crippen LogP contribution in [0.1, 0.15) is 12.0 Å². The van der Waals surface area contributed by atoms with Crippen LogP contribution in [0.4, 0.5) is 0 Å². The molecule has 0 aromatic carbocycles. The first-order valence-corrected chi connectivity index (χ1v) is 5.53. The Morgan fingerprint density at radius 1 is 1.47 bits per heavy atom. The summed E-state index contributed by atoms with van der Waals surface area (Å²) in [5.74, 6) is 0. The molecule has 2 N–H and O–H groups in total. The van der Waals surface area contributed by atoms with E-state index in [1.54, 1.807) is 13.1 Å². The molecule has 0 aliphatic carbocycles. The molecule has 6 nitrogen and oxygen atoms in total. The van der Waals surface area contributed by atoms with E-state index in [-0.39, 0.29) is 18.2 Å². The lowest BCUT2D eigenvalue weighted by Gasteiger charge is -2.22. The molecule has 0 unspecified atom stereocenters. The molecular weight excluding hydrogens is 222 g/mol. The lowest BCUT2D eigenvalue weighted by Crippen LogP contribution is -2.35. The van der Waals surface area contributed by atoms with E-state index in [0.717, 1.165) is 0 Å². The topological polar surface area (TPSA) is 78.3 Å². The number of aliphatic hydroxyl groups excluding tert-OH is 1. The molecular formula is C11H19N3O3. The van der Waals surface area contributed by atoms with Crippen molar-refractivity contribution in [1.82, 2.24) is 14.5 Å². The Kier molecular flexibility index (Phi) is 4.65. The van der Waals surface area contributed by atoms with Crippen molar-refractivity contribution < 1.29 is 5.11 Å². The van der Waals surface area contributed by atoms with Crippen molar-refractivity contribution in [3.8, 4) is 0 Å². The smallest absolute Gasteiger partial charge is 0.328 e. The third kappa shape index (κ3) is 3.54. The largest absolute Gasteiger partial charge is 0.395 e. The van der Waals surface area contributed by atoms with Crippen molar-refractivity contribution in [3.63, 3.8) is 0 Å². The number of rotatable bonds is 5. The summed E-state index contributed by atoms with van der Waals surface area (Å²) in [5, 5.41) is 9.16. The standard InChI is InChI=1S/C11H19N3O3/c1-8-6-14(11(17)12-10(8)16)5-4-9(7-15)13(2)3/h6,9,15H,4-5,7H2,1-3H3,(H,12,16,17)/t9-/m1/s1. The molecule has 0 fully saturated rings. The van der Waals surface area contributed by atoms with Gasteiger partial charge in [0, 0.05) is 24.3 Å². The summed E-state index contributed by atoms with van der Waals surface area (Å²) in [4.78, 5) is 26.8. The van der Waals surface area contributed by atoms with Gasteiger partial charge in [0.1, 0.15) is 0 Å². The zero-order valence-electron chi connectivity index (χ0n) is 10.4. The van der Waals surface area contributed by atoms with Gasteiger partial charge in [0.05, 0.1) is 6.61 Å². The van der Waals surface area contributed by atoms with Gasteiger partial charge in [-0.25, -0.2) is 4.79 Å². The average molecular weight is 241 g/mol. The molecule has 0 aliphatic heterocycles. The predicted molar refractivity (Wildman–Crippen MR) is 65.2 cm³/mol. The van der Waals surface area contributed by atoms with Gasteiger partial charge in [-0.05, 0) is 27.4 Å². The monoisotopic (exact) mass is 241 g/mol. The fourth-order valence-electron chi connectivity index (χ4n) is 1.59. The van der Waals surface area contributed by atoms with Crippen molar-refractivity contribution in [1.29, 1.82) is 0 Å². The second-order valence-corrected chi connectivity index (χ2v) is 4.35. The van der Waals surface area contributed by atoms with Gasteiger partial charge in [-0.2, -0.15) is 0 Å². The highest BCUT2D eigenvalue weighted by Gasteiger charge is 2.10. The van der Waals surface area contributed by atoms with Crippen LogP contribution in [0.2, 0.25) is 0 Å². The number of nitrogens with zero attached hydrogens (tertiary/aromatic N) is 2. The first-order chi connectivity index (χ1) is 7.95. The van der Waals surface area contributed by atoms with E-state index in [0.29, 0.717) is 18.5 Å². The fraction of sp³-hybridized carbons (Fsp3) is 0.636. The maximum absolute atomic E-state index is 11.5. The van der Waals surface area contributed by atoms with Crippen LogP contribution in [0, 0.1) is 6.92 Å². The van der Waals surface area contributed by atoms with Gasteiger partial charge in [0.15, 0.2) is 0 Å². The van der Waals surface area contributed by atoms with Crippen LogP contribution in [-0.4, -0.2) is 46.3 Å². The molecule has 0 saturated heterocycles. The van der Waals surface area contributed by atoms with Gasteiger partial charge in [-0.15, -0.1) is 0 Å². The van der Waals surface area contributed by atoms with Crippen molar-refractivity contribution in [2.24, 2.45) is 0 Å². The third-order valence-electron chi connectivity index (χ3n) is 2.83. The van der Waals surface area contributed by atoms with Gasteiger partial charge in [-0.3, -0.25) is 9.78 Å². The summed E-state index contributed by atoms with van der Waals surface area (Å²) < 4.78 is 1.46. The molecule has 17 heavy (non-hydrogen) atoms. The van der Waals surface area contributed by atoms with Crippen LogP contribution in [0.3, 0.4) is 0 Å². The van der Waals surface area contributed by atoms with Gasteiger partial charge in [-0.1, -0.05) is 0 Å². The van der Waals surface area contributed by atoms with Crippen LogP contribution >= 0.6 is 0 Å². The molecule has 0 radical (unpaired) electrons. The summed E-state index contributed by atoms with van der Waals surface area (Å²) in [7, 11) is 3.75. The number of H-pyrrole nitrogens is 1. The minimum atomic E-state index is -0.406. The molecule has 0 spiro atoms. The van der Waals surface area contributed by atoms with Gasteiger partial charge >= 0.3 is 5.69 Å². The number of likely N-dealkylation sites (N-methyl/N-ethyl adjacent to an activating group) is 1. The molecule has 0 bridgehead atoms. The van der Waals surface area contributed by atoms with Crippen LogP contribution in [0.15, 0.2) is 15.8 Å². The van der Waals surface area contributed by atoms with E-state index >= 15 is 0 Å². The van der Waals surface area contributed by atoms with Crippen LogP contribution < -0.4 is 11.2 Å². The molecule has 1 aromatic rings. The summed E-state index contributed by atoms with van der Waals surface area (Å²) in [5.41, 5.74) is -0.247. The third-order valence-corrected chi connectivity index (χ3v) is 2.83. The highest BCUT2D eigenvalue weighted by Crippen LogP contribution is 2.00. The van der Waals surface area contributed by atoms with Crippen molar-refractivity contribution in [3.05, 3.63) is 32.6 Å².